The number of carbonyl (C=O) groups excluding carboxylic acids is 6. The maximum atomic E-state index is 14.4. The largest absolute Gasteiger partial charge is 0.330 e. The van der Waals surface area contributed by atoms with Crippen LogP contribution in [0.15, 0.2) is 12.7 Å². The lowest BCUT2D eigenvalue weighted by molar-refractivity contribution is -0.144. The Labute approximate surface area is 276 Å². The highest BCUT2D eigenvalue weighted by Crippen LogP contribution is 2.65. The van der Waals surface area contributed by atoms with Crippen molar-refractivity contribution >= 4 is 35.1 Å². The van der Waals surface area contributed by atoms with Gasteiger partial charge in [-0.1, -0.05) is 87.1 Å². The Morgan fingerprint density at radius 1 is 1.00 bits per heavy atom. The van der Waals surface area contributed by atoms with Crippen molar-refractivity contribution in [2.75, 3.05) is 6.54 Å². The van der Waals surface area contributed by atoms with Crippen molar-refractivity contribution in [3.05, 3.63) is 12.7 Å². The number of allylic oxidation sites excluding steroid dienone is 1. The molecule has 0 radical (unpaired) electrons. The van der Waals surface area contributed by atoms with Crippen LogP contribution in [-0.4, -0.2) is 64.6 Å². The monoisotopic (exact) mass is 641 g/mol. The highest BCUT2D eigenvalue weighted by molar-refractivity contribution is 6.38. The van der Waals surface area contributed by atoms with Gasteiger partial charge in [0.05, 0.1) is 12.1 Å². The predicted molar refractivity (Wildman–Crippen MR) is 179 cm³/mol. The Morgan fingerprint density at radius 3 is 2.17 bits per heavy atom. The quantitative estimate of drug-likeness (QED) is 0.161. The summed E-state index contributed by atoms with van der Waals surface area (Å²) in [6.45, 7) is 19.4. The van der Waals surface area contributed by atoms with Gasteiger partial charge in [0.1, 0.15) is 6.04 Å². The molecule has 0 bridgehead atoms. The van der Waals surface area contributed by atoms with Crippen molar-refractivity contribution in [3.63, 3.8) is 0 Å². The van der Waals surface area contributed by atoms with E-state index in [4.69, 9.17) is 0 Å². The van der Waals surface area contributed by atoms with Crippen LogP contribution in [0.3, 0.4) is 0 Å². The highest BCUT2D eigenvalue weighted by atomic mass is 16.2. The molecule has 46 heavy (non-hydrogen) atoms. The molecule has 0 aromatic rings. The van der Waals surface area contributed by atoms with E-state index in [1.165, 1.54) is 0 Å². The summed E-state index contributed by atoms with van der Waals surface area (Å²) < 4.78 is 0. The topological polar surface area (TPSA) is 130 Å². The molecule has 1 saturated heterocycles. The SMILES string of the molecule is C=CCCC(=O)C(=O)C(CCC)CC(=O)[C@@H]1[C@@H]2[C@H](CN1C(=O)[C@@H](NC(=O)N[C@H](C(=O)C(C)C)C1CCCCC1)C(C)(C)C)C2(C)C. The molecule has 1 aliphatic heterocycles. The second kappa shape index (κ2) is 15.4. The summed E-state index contributed by atoms with van der Waals surface area (Å²) in [5.74, 6) is -2.36. The van der Waals surface area contributed by atoms with Crippen LogP contribution in [0.25, 0.3) is 0 Å². The van der Waals surface area contributed by atoms with E-state index in [2.05, 4.69) is 31.1 Å². The molecule has 2 aliphatic carbocycles. The van der Waals surface area contributed by atoms with Crippen molar-refractivity contribution in [2.24, 2.45) is 40.4 Å². The number of fused-ring (bicyclic) bond motifs is 1. The number of amides is 3. The minimum absolute atomic E-state index is 0.00707. The standard InChI is InChI=1S/C37H59N3O6/c1-10-12-19-26(41)32(44)24(16-11-2)20-27(42)30-28-25(37(28,8)9)21-40(30)34(45)33(36(5,6)7)39-35(46)38-29(31(43)22(3)4)23-17-14-13-15-18-23/h10,22-25,28-30,33H,1,11-21H2,2-9H3,(H2,38,39,46)/t24?,25-,28-,29-,30+,33+/m0/s1. The maximum absolute atomic E-state index is 14.4. The number of likely N-dealkylation sites (tertiary alicyclic amines) is 1. The number of nitrogens with one attached hydrogen (secondary N) is 2. The fraction of sp³-hybridized carbons (Fsp3) is 0.784. The van der Waals surface area contributed by atoms with Gasteiger partial charge in [-0.3, -0.25) is 24.0 Å². The van der Waals surface area contributed by atoms with Gasteiger partial charge in [-0.25, -0.2) is 4.79 Å². The van der Waals surface area contributed by atoms with Gasteiger partial charge in [0.15, 0.2) is 17.3 Å². The number of rotatable bonds is 16. The van der Waals surface area contributed by atoms with Crippen molar-refractivity contribution in [2.45, 2.75) is 138 Å². The number of hydrogen-bond acceptors (Lipinski definition) is 6. The normalized spacial score (nSPS) is 24.4. The molecule has 9 heteroatoms. The van der Waals surface area contributed by atoms with Gasteiger partial charge >= 0.3 is 6.03 Å². The minimum Gasteiger partial charge on any atom is -0.330 e. The van der Waals surface area contributed by atoms with E-state index in [-0.39, 0.29) is 59.4 Å². The molecular weight excluding hydrogens is 582 g/mol. The van der Waals surface area contributed by atoms with Crippen LogP contribution in [-0.2, 0) is 24.0 Å². The number of hydrogen-bond donors (Lipinski definition) is 2. The van der Waals surface area contributed by atoms with Gasteiger partial charge < -0.3 is 15.5 Å². The fourth-order valence-corrected chi connectivity index (χ4v) is 7.88. The minimum atomic E-state index is -0.946. The Bertz CT molecular complexity index is 1180. The molecule has 2 saturated carbocycles. The van der Waals surface area contributed by atoms with Crippen molar-refractivity contribution < 1.29 is 28.8 Å². The Hall–Kier alpha value is -2.84. The summed E-state index contributed by atoms with van der Waals surface area (Å²) in [7, 11) is 0. The molecule has 3 aliphatic rings. The van der Waals surface area contributed by atoms with Crippen molar-refractivity contribution in [3.8, 4) is 0 Å². The summed E-state index contributed by atoms with van der Waals surface area (Å²) in [5.41, 5.74) is -0.821. The first-order valence-corrected chi connectivity index (χ1v) is 17.6. The third kappa shape index (κ3) is 8.54. The zero-order valence-corrected chi connectivity index (χ0v) is 29.6. The summed E-state index contributed by atoms with van der Waals surface area (Å²) in [4.78, 5) is 82.4. The molecule has 3 rings (SSSR count). The Morgan fingerprint density at radius 2 is 1.63 bits per heavy atom. The molecule has 0 spiro atoms. The van der Waals surface area contributed by atoms with Gasteiger partial charge in [-0.2, -0.15) is 0 Å². The third-order valence-corrected chi connectivity index (χ3v) is 10.8. The van der Waals surface area contributed by atoms with Crippen LogP contribution in [0.1, 0.15) is 120 Å². The van der Waals surface area contributed by atoms with Gasteiger partial charge in [0.2, 0.25) is 11.7 Å². The highest BCUT2D eigenvalue weighted by Gasteiger charge is 2.69. The zero-order valence-electron chi connectivity index (χ0n) is 29.6. The average Bonchev–Trinajstić information content (AvgIpc) is 3.30. The van der Waals surface area contributed by atoms with Crippen molar-refractivity contribution in [1.82, 2.24) is 15.5 Å². The molecule has 9 nitrogen and oxygen atoms in total. The molecular formula is C37H59N3O6. The first-order valence-electron chi connectivity index (χ1n) is 17.6. The van der Waals surface area contributed by atoms with Gasteiger partial charge in [-0.05, 0) is 54.3 Å². The lowest BCUT2D eigenvalue weighted by atomic mass is 9.80. The van der Waals surface area contributed by atoms with E-state index in [1.54, 1.807) is 11.0 Å². The molecule has 6 atom stereocenters. The van der Waals surface area contributed by atoms with E-state index in [0.29, 0.717) is 25.8 Å². The first kappa shape index (κ1) is 37.6. The van der Waals surface area contributed by atoms with Crippen LogP contribution in [0.2, 0.25) is 0 Å². The fourth-order valence-electron chi connectivity index (χ4n) is 7.88. The molecule has 1 unspecified atom stereocenters. The average molecular weight is 642 g/mol. The zero-order chi connectivity index (χ0) is 34.6. The molecule has 1 heterocycles. The number of carbonyl (C=O) groups is 6. The summed E-state index contributed by atoms with van der Waals surface area (Å²) in [6, 6.07) is -2.85. The first-order chi connectivity index (χ1) is 21.5. The molecule has 258 valence electrons. The summed E-state index contributed by atoms with van der Waals surface area (Å²) in [6.07, 6.45) is 7.99. The maximum Gasteiger partial charge on any atom is 0.316 e. The summed E-state index contributed by atoms with van der Waals surface area (Å²) in [5, 5.41) is 5.85. The molecule has 0 aromatic heterocycles. The lowest BCUT2D eigenvalue weighted by Gasteiger charge is -2.38. The van der Waals surface area contributed by atoms with Gasteiger partial charge in [-0.15, -0.1) is 6.58 Å². The molecule has 0 aromatic carbocycles. The Kier molecular flexibility index (Phi) is 12.6. The van der Waals surface area contributed by atoms with Gasteiger partial charge in [0, 0.05) is 31.2 Å². The number of piperidine rings is 1. The van der Waals surface area contributed by atoms with E-state index in [0.717, 1.165) is 32.1 Å². The van der Waals surface area contributed by atoms with Crippen LogP contribution in [0.5, 0.6) is 0 Å². The molecule has 2 N–H and O–H groups in total. The van der Waals surface area contributed by atoms with Crippen LogP contribution in [0.4, 0.5) is 4.79 Å². The smallest absolute Gasteiger partial charge is 0.316 e. The molecule has 3 amide bonds. The van der Waals surface area contributed by atoms with Crippen LogP contribution < -0.4 is 10.6 Å². The van der Waals surface area contributed by atoms with E-state index < -0.39 is 47.1 Å². The number of ketones is 4. The van der Waals surface area contributed by atoms with Crippen LogP contribution >= 0.6 is 0 Å². The van der Waals surface area contributed by atoms with Gasteiger partial charge in [0.25, 0.3) is 0 Å². The molecule has 3 fully saturated rings. The second-order valence-electron chi connectivity index (χ2n) is 16.0. The predicted octanol–water partition coefficient (Wildman–Crippen LogP) is 5.84. The number of nitrogens with zero attached hydrogens (tertiary/aromatic N) is 1. The van der Waals surface area contributed by atoms with E-state index >= 15 is 0 Å². The summed E-state index contributed by atoms with van der Waals surface area (Å²) >= 11 is 0. The third-order valence-electron chi connectivity index (χ3n) is 10.8. The lowest BCUT2D eigenvalue weighted by Crippen LogP contribution is -2.61. The Balaban J connectivity index is 1.82. The van der Waals surface area contributed by atoms with Crippen LogP contribution in [0, 0.1) is 40.4 Å². The second-order valence-corrected chi connectivity index (χ2v) is 16.0. The number of Topliss-reactive ketones (excluding diaryl/α,β-unsaturated/α-hetero) is 4. The van der Waals surface area contributed by atoms with E-state index in [9.17, 15) is 28.8 Å². The number of urea groups is 1. The van der Waals surface area contributed by atoms with E-state index in [1.807, 2.05) is 41.5 Å². The van der Waals surface area contributed by atoms with Crippen molar-refractivity contribution in [1.29, 1.82) is 0 Å².